The number of rotatable bonds is 2. The molecule has 0 saturated heterocycles. The van der Waals surface area contributed by atoms with Crippen LogP contribution in [0, 0.1) is 0 Å². The Balaban J connectivity index is 3.03. The van der Waals surface area contributed by atoms with Gasteiger partial charge >= 0.3 is 5.97 Å². The summed E-state index contributed by atoms with van der Waals surface area (Å²) in [5.74, 6) is -1.77. The van der Waals surface area contributed by atoms with Crippen LogP contribution in [0.25, 0.3) is 0 Å². The van der Waals surface area contributed by atoms with E-state index in [1.54, 1.807) is 0 Å². The average molecular weight is 193 g/mol. The van der Waals surface area contributed by atoms with Gasteiger partial charge in [-0.05, 0) is 0 Å². The van der Waals surface area contributed by atoms with Gasteiger partial charge in [-0.15, -0.1) is 0 Å². The first-order valence-electron chi connectivity index (χ1n) is 3.08. The molecule has 0 aliphatic heterocycles. The molecule has 4 nitrogen and oxygen atoms in total. The minimum atomic E-state index is -2.12. The first-order valence-corrected chi connectivity index (χ1v) is 3.46. The molecular weight excluding hydrogens is 187 g/mol. The molecule has 0 aromatic carbocycles. The van der Waals surface area contributed by atoms with Crippen molar-refractivity contribution in [2.45, 2.75) is 6.17 Å². The molecule has 66 valence electrons. The Morgan fingerprint density at radius 3 is 2.83 bits per heavy atom. The molecule has 0 saturated carbocycles. The number of hydrogen-bond donors (Lipinski definition) is 1. The zero-order valence-corrected chi connectivity index (χ0v) is 6.92. The van der Waals surface area contributed by atoms with Crippen molar-refractivity contribution >= 4 is 17.6 Å². The lowest BCUT2D eigenvalue weighted by Gasteiger charge is -2.02. The van der Waals surface area contributed by atoms with Crippen LogP contribution in [0.1, 0.15) is 12.0 Å². The topological polar surface area (TPSA) is 55.1 Å². The largest absolute Gasteiger partial charge is 0.479 e. The molecule has 0 aliphatic carbocycles. The second-order valence-corrected chi connectivity index (χ2v) is 2.59. The van der Waals surface area contributed by atoms with E-state index in [1.807, 2.05) is 0 Å². The van der Waals surface area contributed by atoms with Crippen LogP contribution in [-0.4, -0.2) is 20.6 Å². The Morgan fingerprint density at radius 1 is 1.92 bits per heavy atom. The SMILES string of the molecule is Cn1c(Cl)cnc1C(F)C(=O)O. The van der Waals surface area contributed by atoms with Crippen molar-refractivity contribution in [2.75, 3.05) is 0 Å². The summed E-state index contributed by atoms with van der Waals surface area (Å²) in [6.07, 6.45) is -0.922. The smallest absolute Gasteiger partial charge is 0.346 e. The van der Waals surface area contributed by atoms with Crippen molar-refractivity contribution < 1.29 is 14.3 Å². The van der Waals surface area contributed by atoms with Crippen LogP contribution in [-0.2, 0) is 11.8 Å². The fourth-order valence-corrected chi connectivity index (χ4v) is 0.883. The molecule has 1 rings (SSSR count). The predicted octanol–water partition coefficient (Wildman–Crippen LogP) is 1.17. The number of halogens is 2. The highest BCUT2D eigenvalue weighted by atomic mass is 35.5. The third-order valence-corrected chi connectivity index (χ3v) is 1.76. The highest BCUT2D eigenvalue weighted by Crippen LogP contribution is 2.18. The van der Waals surface area contributed by atoms with E-state index in [4.69, 9.17) is 16.7 Å². The highest BCUT2D eigenvalue weighted by Gasteiger charge is 2.23. The number of carbonyl (C=O) groups is 1. The van der Waals surface area contributed by atoms with E-state index < -0.39 is 12.1 Å². The number of carboxylic acid groups (broad SMARTS) is 1. The van der Waals surface area contributed by atoms with Crippen LogP contribution < -0.4 is 0 Å². The van der Waals surface area contributed by atoms with Gasteiger partial charge in [0, 0.05) is 7.05 Å². The summed E-state index contributed by atoms with van der Waals surface area (Å²) < 4.78 is 14.0. The Hall–Kier alpha value is -1.10. The highest BCUT2D eigenvalue weighted by molar-refractivity contribution is 6.29. The van der Waals surface area contributed by atoms with Gasteiger partial charge in [-0.25, -0.2) is 14.2 Å². The number of carboxylic acids is 1. The number of nitrogens with zero attached hydrogens (tertiary/aromatic N) is 2. The normalized spacial score (nSPS) is 12.9. The lowest BCUT2D eigenvalue weighted by Crippen LogP contribution is -2.11. The van der Waals surface area contributed by atoms with E-state index in [-0.39, 0.29) is 11.0 Å². The average Bonchev–Trinajstić information content (AvgIpc) is 2.32. The monoisotopic (exact) mass is 192 g/mol. The minimum absolute atomic E-state index is 0.201. The fraction of sp³-hybridized carbons (Fsp3) is 0.333. The standard InChI is InChI=1S/C6H6ClFN2O2/c1-10-3(7)2-9-5(10)4(8)6(11)12/h2,4H,1H3,(H,11,12). The van der Waals surface area contributed by atoms with Crippen molar-refractivity contribution in [3.05, 3.63) is 17.2 Å². The Morgan fingerprint density at radius 2 is 2.50 bits per heavy atom. The zero-order valence-electron chi connectivity index (χ0n) is 6.16. The molecule has 1 atom stereocenters. The maximum absolute atomic E-state index is 12.8. The summed E-state index contributed by atoms with van der Waals surface area (Å²) in [6.45, 7) is 0. The molecule has 0 bridgehead atoms. The van der Waals surface area contributed by atoms with E-state index in [0.717, 1.165) is 0 Å². The maximum Gasteiger partial charge on any atom is 0.346 e. The van der Waals surface area contributed by atoms with Crippen LogP contribution in [0.3, 0.4) is 0 Å². The van der Waals surface area contributed by atoms with E-state index in [0.29, 0.717) is 0 Å². The summed E-state index contributed by atoms with van der Waals surface area (Å²) >= 11 is 5.52. The van der Waals surface area contributed by atoms with Crippen LogP contribution in [0.15, 0.2) is 6.20 Å². The van der Waals surface area contributed by atoms with Gasteiger partial charge in [-0.2, -0.15) is 0 Å². The Bertz CT molecular complexity index is 312. The van der Waals surface area contributed by atoms with E-state index in [1.165, 1.54) is 17.8 Å². The number of alkyl halides is 1. The van der Waals surface area contributed by atoms with Crippen molar-refractivity contribution in [1.29, 1.82) is 0 Å². The molecule has 0 amide bonds. The number of aliphatic carboxylic acids is 1. The number of imidazole rings is 1. The zero-order chi connectivity index (χ0) is 9.30. The molecule has 0 fully saturated rings. The van der Waals surface area contributed by atoms with Crippen LogP contribution >= 0.6 is 11.6 Å². The molecule has 1 aromatic rings. The molecule has 12 heavy (non-hydrogen) atoms. The number of aromatic nitrogens is 2. The van der Waals surface area contributed by atoms with Gasteiger partial charge < -0.3 is 9.67 Å². The minimum Gasteiger partial charge on any atom is -0.479 e. The first-order chi connectivity index (χ1) is 5.54. The van der Waals surface area contributed by atoms with Gasteiger partial charge in [0.25, 0.3) is 6.17 Å². The molecular formula is C6H6ClFN2O2. The molecule has 1 unspecified atom stereocenters. The van der Waals surface area contributed by atoms with E-state index in [2.05, 4.69) is 4.98 Å². The summed E-state index contributed by atoms with van der Waals surface area (Å²) in [7, 11) is 1.44. The molecule has 0 spiro atoms. The third kappa shape index (κ3) is 1.40. The van der Waals surface area contributed by atoms with Crippen LogP contribution in [0.4, 0.5) is 4.39 Å². The third-order valence-electron chi connectivity index (χ3n) is 1.41. The summed E-state index contributed by atoms with van der Waals surface area (Å²) in [4.78, 5) is 13.7. The quantitative estimate of drug-likeness (QED) is 0.765. The van der Waals surface area contributed by atoms with Crippen molar-refractivity contribution in [1.82, 2.24) is 9.55 Å². The summed E-state index contributed by atoms with van der Waals surface area (Å²) in [5, 5.41) is 8.50. The molecule has 1 heterocycles. The maximum atomic E-state index is 12.8. The van der Waals surface area contributed by atoms with Gasteiger partial charge in [-0.3, -0.25) is 0 Å². The second kappa shape index (κ2) is 3.10. The summed E-state index contributed by atoms with van der Waals surface area (Å²) in [6, 6.07) is 0. The van der Waals surface area contributed by atoms with Crippen molar-refractivity contribution in [2.24, 2.45) is 7.05 Å². The number of hydrogen-bond acceptors (Lipinski definition) is 2. The molecule has 0 aliphatic rings. The van der Waals surface area contributed by atoms with Gasteiger partial charge in [0.2, 0.25) is 0 Å². The van der Waals surface area contributed by atoms with Crippen molar-refractivity contribution in [3.63, 3.8) is 0 Å². The van der Waals surface area contributed by atoms with Crippen LogP contribution in [0.5, 0.6) is 0 Å². The Labute approximate surface area is 72.6 Å². The second-order valence-electron chi connectivity index (χ2n) is 2.20. The molecule has 0 radical (unpaired) electrons. The lowest BCUT2D eigenvalue weighted by atomic mass is 10.4. The molecule has 1 aromatic heterocycles. The van der Waals surface area contributed by atoms with Crippen molar-refractivity contribution in [3.8, 4) is 0 Å². The van der Waals surface area contributed by atoms with Gasteiger partial charge in [0.1, 0.15) is 5.15 Å². The first kappa shape index (κ1) is 8.99. The van der Waals surface area contributed by atoms with Crippen LogP contribution in [0.2, 0.25) is 5.15 Å². The molecule has 1 N–H and O–H groups in total. The van der Waals surface area contributed by atoms with Gasteiger partial charge in [0.05, 0.1) is 6.20 Å². The molecule has 6 heteroatoms. The summed E-state index contributed by atoms with van der Waals surface area (Å²) in [5.41, 5.74) is 0. The van der Waals surface area contributed by atoms with E-state index in [9.17, 15) is 9.18 Å². The fourth-order valence-electron chi connectivity index (χ4n) is 0.748. The Kier molecular flexibility index (Phi) is 2.32. The van der Waals surface area contributed by atoms with Gasteiger partial charge in [-0.1, -0.05) is 11.6 Å². The lowest BCUT2D eigenvalue weighted by molar-refractivity contribution is -0.143. The van der Waals surface area contributed by atoms with E-state index >= 15 is 0 Å². The van der Waals surface area contributed by atoms with Gasteiger partial charge in [0.15, 0.2) is 5.82 Å². The predicted molar refractivity (Wildman–Crippen MR) is 39.7 cm³/mol.